The van der Waals surface area contributed by atoms with Gasteiger partial charge < -0.3 is 16.3 Å². The fraction of sp³-hybridized carbons (Fsp3) is 0.800. The Morgan fingerprint density at radius 3 is 2.54 bits per heavy atom. The van der Waals surface area contributed by atoms with E-state index >= 15 is 0 Å². The Morgan fingerprint density at radius 1 is 1.46 bits per heavy atom. The number of rotatable bonds is 4. The van der Waals surface area contributed by atoms with Crippen molar-refractivity contribution in [1.82, 2.24) is 0 Å². The van der Waals surface area contributed by atoms with Crippen LogP contribution in [0.25, 0.3) is 0 Å². The molecular weight excluding hydrogens is 207 g/mol. The van der Waals surface area contributed by atoms with Gasteiger partial charge in [0.05, 0.1) is 6.61 Å². The molecule has 0 aromatic rings. The molecule has 0 saturated heterocycles. The van der Waals surface area contributed by atoms with Crippen LogP contribution in [0.5, 0.6) is 0 Å². The maximum Gasteiger partial charge on any atom is 0.411 e. The van der Waals surface area contributed by atoms with Gasteiger partial charge in [-0.3, -0.25) is 0 Å². The molecule has 0 spiro atoms. The molecule has 0 aromatic carbocycles. The van der Waals surface area contributed by atoms with Crippen LogP contribution in [0.2, 0.25) is 0 Å². The van der Waals surface area contributed by atoms with Crippen LogP contribution in [0.15, 0.2) is 5.10 Å². The monoisotopic (exact) mass is 217 g/mol. The van der Waals surface area contributed by atoms with Gasteiger partial charge in [0.1, 0.15) is 6.61 Å². The van der Waals surface area contributed by atoms with Gasteiger partial charge in [0.15, 0.2) is 5.17 Å². The smallest absolute Gasteiger partial charge is 0.377 e. The van der Waals surface area contributed by atoms with Crippen molar-refractivity contribution in [3.05, 3.63) is 0 Å². The number of hydrazone groups is 1. The minimum Gasteiger partial charge on any atom is -0.377 e. The van der Waals surface area contributed by atoms with Crippen LogP contribution in [0.1, 0.15) is 0 Å². The van der Waals surface area contributed by atoms with Gasteiger partial charge in [-0.1, -0.05) is 11.8 Å². The van der Waals surface area contributed by atoms with Gasteiger partial charge in [0.2, 0.25) is 0 Å². The Bertz CT molecular complexity index is 173. The number of nitrogens with two attached hydrogens (primary N) is 2. The second kappa shape index (κ2) is 5.92. The largest absolute Gasteiger partial charge is 0.411 e. The lowest BCUT2D eigenvalue weighted by Crippen LogP contribution is -2.18. The van der Waals surface area contributed by atoms with Gasteiger partial charge in [-0.25, -0.2) is 0 Å². The van der Waals surface area contributed by atoms with Crippen molar-refractivity contribution < 1.29 is 17.9 Å². The molecular formula is C5H10F3N3OS. The number of thioether (sulfide) groups is 1. The van der Waals surface area contributed by atoms with Crippen molar-refractivity contribution in [3.8, 4) is 0 Å². The van der Waals surface area contributed by atoms with Crippen LogP contribution in [-0.2, 0) is 4.74 Å². The van der Waals surface area contributed by atoms with Crippen molar-refractivity contribution in [3.63, 3.8) is 0 Å². The maximum absolute atomic E-state index is 11.5. The molecule has 4 N–H and O–H groups in total. The molecule has 0 bridgehead atoms. The zero-order chi connectivity index (χ0) is 10.3. The second-order valence-corrected chi connectivity index (χ2v) is 3.10. The summed E-state index contributed by atoms with van der Waals surface area (Å²) in [5.41, 5.74) is 5.15. The van der Waals surface area contributed by atoms with E-state index in [2.05, 4.69) is 9.84 Å². The fourth-order valence-corrected chi connectivity index (χ4v) is 0.915. The SMILES string of the molecule is NN=C(N)SCCOCC(F)(F)F. The Morgan fingerprint density at radius 2 is 2.08 bits per heavy atom. The third kappa shape index (κ3) is 9.28. The first-order valence-corrected chi connectivity index (χ1v) is 4.25. The number of hydrogen-bond donors (Lipinski definition) is 2. The average Bonchev–Trinajstić information content (AvgIpc) is 2.01. The molecule has 0 aliphatic carbocycles. The minimum absolute atomic E-state index is 0.0413. The molecule has 8 heteroatoms. The normalized spacial score (nSPS) is 13.3. The molecule has 78 valence electrons. The van der Waals surface area contributed by atoms with Gasteiger partial charge in [-0.05, 0) is 0 Å². The molecule has 4 nitrogen and oxygen atoms in total. The van der Waals surface area contributed by atoms with Crippen molar-refractivity contribution in [2.24, 2.45) is 16.7 Å². The van der Waals surface area contributed by atoms with Crippen LogP contribution >= 0.6 is 11.8 Å². The summed E-state index contributed by atoms with van der Waals surface area (Å²) in [4.78, 5) is 0. The molecule has 0 amide bonds. The van der Waals surface area contributed by atoms with E-state index in [0.717, 1.165) is 11.8 Å². The zero-order valence-corrected chi connectivity index (χ0v) is 7.49. The number of amidine groups is 1. The molecule has 0 unspecified atom stereocenters. The van der Waals surface area contributed by atoms with Crippen molar-refractivity contribution in [2.45, 2.75) is 6.18 Å². The quantitative estimate of drug-likeness (QED) is 0.236. The maximum atomic E-state index is 11.5. The van der Waals surface area contributed by atoms with Crippen LogP contribution < -0.4 is 11.6 Å². The first kappa shape index (κ1) is 12.4. The van der Waals surface area contributed by atoms with E-state index in [0.29, 0.717) is 5.75 Å². The van der Waals surface area contributed by atoms with Crippen LogP contribution in [-0.4, -0.2) is 30.3 Å². The van der Waals surface area contributed by atoms with Gasteiger partial charge in [-0.15, -0.1) is 0 Å². The summed E-state index contributed by atoms with van der Waals surface area (Å²) in [6, 6.07) is 0. The molecule has 0 radical (unpaired) electrons. The number of halogens is 3. The van der Waals surface area contributed by atoms with E-state index < -0.39 is 12.8 Å². The molecule has 0 saturated carbocycles. The van der Waals surface area contributed by atoms with E-state index in [1.54, 1.807) is 0 Å². The van der Waals surface area contributed by atoms with Crippen molar-refractivity contribution in [2.75, 3.05) is 19.0 Å². The fourth-order valence-electron chi connectivity index (χ4n) is 0.430. The highest BCUT2D eigenvalue weighted by atomic mass is 32.2. The Kier molecular flexibility index (Phi) is 5.63. The van der Waals surface area contributed by atoms with E-state index in [1.807, 2.05) is 0 Å². The molecule has 13 heavy (non-hydrogen) atoms. The number of nitrogens with zero attached hydrogens (tertiary/aromatic N) is 1. The highest BCUT2D eigenvalue weighted by molar-refractivity contribution is 8.13. The Balaban J connectivity index is 3.28. The molecule has 0 rings (SSSR count). The summed E-state index contributed by atoms with van der Waals surface area (Å²) in [6.45, 7) is -1.28. The third-order valence-electron chi connectivity index (χ3n) is 0.871. The molecule has 0 aliphatic rings. The highest BCUT2D eigenvalue weighted by Gasteiger charge is 2.27. The molecule has 0 atom stereocenters. The lowest BCUT2D eigenvalue weighted by Gasteiger charge is -2.06. The molecule has 0 heterocycles. The third-order valence-corrected chi connectivity index (χ3v) is 1.64. The predicted molar refractivity (Wildman–Crippen MR) is 45.1 cm³/mol. The van der Waals surface area contributed by atoms with Crippen molar-refractivity contribution >= 4 is 16.9 Å². The van der Waals surface area contributed by atoms with Gasteiger partial charge in [-0.2, -0.15) is 18.3 Å². The first-order valence-electron chi connectivity index (χ1n) is 3.26. The first-order chi connectivity index (χ1) is 5.95. The predicted octanol–water partition coefficient (Wildman–Crippen LogP) is 0.487. The highest BCUT2D eigenvalue weighted by Crippen LogP contribution is 2.14. The van der Waals surface area contributed by atoms with Gasteiger partial charge >= 0.3 is 6.18 Å². The summed E-state index contributed by atoms with van der Waals surface area (Å²) < 4.78 is 38.8. The summed E-state index contributed by atoms with van der Waals surface area (Å²) in [5.74, 6) is 5.07. The van der Waals surface area contributed by atoms with E-state index in [4.69, 9.17) is 11.6 Å². The lowest BCUT2D eigenvalue weighted by molar-refractivity contribution is -0.172. The molecule has 0 aromatic heterocycles. The topological polar surface area (TPSA) is 73.6 Å². The number of alkyl halides is 3. The number of hydrogen-bond acceptors (Lipinski definition) is 4. The Hall–Kier alpha value is -0.630. The van der Waals surface area contributed by atoms with Gasteiger partial charge in [0, 0.05) is 5.75 Å². The molecule has 0 aliphatic heterocycles. The average molecular weight is 217 g/mol. The second-order valence-electron chi connectivity index (χ2n) is 1.98. The Labute approximate surface area is 77.5 Å². The van der Waals surface area contributed by atoms with Crippen LogP contribution in [0, 0.1) is 0 Å². The molecule has 0 fully saturated rings. The minimum atomic E-state index is -4.28. The van der Waals surface area contributed by atoms with Gasteiger partial charge in [0.25, 0.3) is 0 Å². The standard InChI is InChI=1S/C5H10F3N3OS/c6-5(7,8)3-12-1-2-13-4(9)11-10/h1-3,10H2,(H2,9,11). The van der Waals surface area contributed by atoms with E-state index in [1.165, 1.54) is 0 Å². The lowest BCUT2D eigenvalue weighted by atomic mass is 10.7. The number of ether oxygens (including phenoxy) is 1. The summed E-state index contributed by atoms with van der Waals surface area (Å²) in [5, 5.41) is 3.24. The zero-order valence-electron chi connectivity index (χ0n) is 6.67. The summed E-state index contributed by atoms with van der Waals surface area (Å²) >= 11 is 1.04. The van der Waals surface area contributed by atoms with Crippen molar-refractivity contribution in [1.29, 1.82) is 0 Å². The summed E-state index contributed by atoms with van der Waals surface area (Å²) in [6.07, 6.45) is -4.28. The van der Waals surface area contributed by atoms with Crippen LogP contribution in [0.3, 0.4) is 0 Å². The summed E-state index contributed by atoms with van der Waals surface area (Å²) in [7, 11) is 0. The van der Waals surface area contributed by atoms with E-state index in [-0.39, 0.29) is 11.8 Å². The van der Waals surface area contributed by atoms with Crippen LogP contribution in [0.4, 0.5) is 13.2 Å². The van der Waals surface area contributed by atoms with E-state index in [9.17, 15) is 13.2 Å².